The van der Waals surface area contributed by atoms with Gasteiger partial charge < -0.3 is 20.1 Å². The van der Waals surface area contributed by atoms with Crippen LogP contribution >= 0.6 is 0 Å². The molecule has 0 aliphatic rings. The summed E-state index contributed by atoms with van der Waals surface area (Å²) in [6.45, 7) is 2.62. The summed E-state index contributed by atoms with van der Waals surface area (Å²) in [4.78, 5) is 47.4. The minimum atomic E-state index is -1.26. The minimum absolute atomic E-state index is 0.0415. The molecule has 2 aromatic rings. The second kappa shape index (κ2) is 9.31. The third-order valence-electron chi connectivity index (χ3n) is 3.55. The summed E-state index contributed by atoms with van der Waals surface area (Å²) >= 11 is 0. The van der Waals surface area contributed by atoms with Crippen molar-refractivity contribution >= 4 is 35.1 Å². The number of esters is 2. The van der Waals surface area contributed by atoms with Gasteiger partial charge in [0.25, 0.3) is 0 Å². The first-order chi connectivity index (χ1) is 13.3. The molecule has 1 atom stereocenters. The Bertz CT molecular complexity index is 861. The molecule has 0 aliphatic carbocycles. The van der Waals surface area contributed by atoms with Gasteiger partial charge in [0.2, 0.25) is 17.9 Å². The molecule has 2 aromatic carbocycles. The summed E-state index contributed by atoms with van der Waals surface area (Å²) in [5, 5.41) is 5.09. The predicted octanol–water partition coefficient (Wildman–Crippen LogP) is 2.67. The Morgan fingerprint density at radius 2 is 1.39 bits per heavy atom. The highest BCUT2D eigenvalue weighted by molar-refractivity contribution is 5.98. The molecule has 0 heterocycles. The van der Waals surface area contributed by atoms with Crippen molar-refractivity contribution in [3.8, 4) is 0 Å². The van der Waals surface area contributed by atoms with Gasteiger partial charge in [-0.15, -0.1) is 0 Å². The average Bonchev–Trinajstić information content (AvgIpc) is 2.64. The van der Waals surface area contributed by atoms with Crippen LogP contribution in [0.3, 0.4) is 0 Å². The standard InChI is InChI=1S/C20H20N2O6/c1-12(23)21-16-9-15(10-17(11-16)22-13(2)24)19(25)28-18(20(26)27-3)14-7-5-4-6-8-14/h4-11,18H,1-3H3,(H,21,23)(H,22,24)/t18-/m1/s1. The first-order valence-electron chi connectivity index (χ1n) is 8.34. The first-order valence-corrected chi connectivity index (χ1v) is 8.34. The van der Waals surface area contributed by atoms with Crippen LogP contribution in [0.1, 0.15) is 35.9 Å². The Balaban J connectivity index is 2.35. The lowest BCUT2D eigenvalue weighted by Crippen LogP contribution is -2.21. The zero-order valence-electron chi connectivity index (χ0n) is 15.6. The number of amides is 2. The Labute approximate surface area is 161 Å². The van der Waals surface area contributed by atoms with E-state index in [0.717, 1.165) is 0 Å². The number of carbonyl (C=O) groups is 4. The van der Waals surface area contributed by atoms with Crippen LogP contribution in [0.25, 0.3) is 0 Å². The Hall–Kier alpha value is -3.68. The molecule has 0 saturated heterocycles. The van der Waals surface area contributed by atoms with Crippen LogP contribution in [-0.2, 0) is 23.9 Å². The molecule has 0 unspecified atom stereocenters. The third kappa shape index (κ3) is 5.66. The maximum Gasteiger partial charge on any atom is 0.351 e. The van der Waals surface area contributed by atoms with Gasteiger partial charge in [0.1, 0.15) is 0 Å². The van der Waals surface area contributed by atoms with Crippen LogP contribution in [0.15, 0.2) is 48.5 Å². The van der Waals surface area contributed by atoms with Crippen LogP contribution < -0.4 is 10.6 Å². The van der Waals surface area contributed by atoms with Crippen molar-refractivity contribution in [3.63, 3.8) is 0 Å². The Morgan fingerprint density at radius 1 is 0.857 bits per heavy atom. The zero-order valence-corrected chi connectivity index (χ0v) is 15.6. The fraction of sp³-hybridized carbons (Fsp3) is 0.200. The van der Waals surface area contributed by atoms with Crippen LogP contribution in [0.4, 0.5) is 11.4 Å². The van der Waals surface area contributed by atoms with Gasteiger partial charge >= 0.3 is 11.9 Å². The van der Waals surface area contributed by atoms with E-state index in [1.165, 1.54) is 39.2 Å². The minimum Gasteiger partial charge on any atom is -0.466 e. The lowest BCUT2D eigenvalue weighted by Gasteiger charge is -2.17. The molecule has 2 amide bonds. The van der Waals surface area contributed by atoms with Gasteiger partial charge in [-0.25, -0.2) is 9.59 Å². The second-order valence-electron chi connectivity index (χ2n) is 5.88. The summed E-state index contributed by atoms with van der Waals surface area (Å²) in [5.74, 6) is -2.26. The number of hydrogen-bond acceptors (Lipinski definition) is 6. The summed E-state index contributed by atoms with van der Waals surface area (Å²) in [6, 6.07) is 12.7. The molecule has 2 rings (SSSR count). The van der Waals surface area contributed by atoms with Crippen molar-refractivity contribution in [2.75, 3.05) is 17.7 Å². The fourth-order valence-electron chi connectivity index (χ4n) is 2.46. The molecule has 0 bridgehead atoms. The van der Waals surface area contributed by atoms with E-state index < -0.39 is 18.0 Å². The molecule has 0 aromatic heterocycles. The van der Waals surface area contributed by atoms with E-state index in [9.17, 15) is 19.2 Å². The maximum absolute atomic E-state index is 12.7. The summed E-state index contributed by atoms with van der Waals surface area (Å²) in [7, 11) is 1.19. The average molecular weight is 384 g/mol. The Kier molecular flexibility index (Phi) is 6.86. The molecule has 0 aliphatic heterocycles. The maximum atomic E-state index is 12.7. The predicted molar refractivity (Wildman–Crippen MR) is 102 cm³/mol. The van der Waals surface area contributed by atoms with Crippen molar-refractivity contribution in [3.05, 3.63) is 59.7 Å². The number of nitrogens with one attached hydrogen (secondary N) is 2. The van der Waals surface area contributed by atoms with Gasteiger partial charge in [-0.3, -0.25) is 9.59 Å². The SMILES string of the molecule is COC(=O)[C@H](OC(=O)c1cc(NC(C)=O)cc(NC(C)=O)c1)c1ccccc1. The largest absolute Gasteiger partial charge is 0.466 e. The van der Waals surface area contributed by atoms with Crippen LogP contribution in [0.2, 0.25) is 0 Å². The second-order valence-corrected chi connectivity index (χ2v) is 5.88. The topological polar surface area (TPSA) is 111 Å². The number of hydrogen-bond donors (Lipinski definition) is 2. The van der Waals surface area contributed by atoms with E-state index in [1.54, 1.807) is 30.3 Å². The van der Waals surface area contributed by atoms with E-state index >= 15 is 0 Å². The quantitative estimate of drug-likeness (QED) is 0.741. The van der Waals surface area contributed by atoms with E-state index in [0.29, 0.717) is 16.9 Å². The summed E-state index contributed by atoms with van der Waals surface area (Å²) in [6.07, 6.45) is -1.26. The van der Waals surface area contributed by atoms with Gasteiger partial charge in [-0.05, 0) is 18.2 Å². The molecule has 146 valence electrons. The van der Waals surface area contributed by atoms with Gasteiger partial charge in [0, 0.05) is 30.8 Å². The molecule has 0 spiro atoms. The van der Waals surface area contributed by atoms with E-state index in [-0.39, 0.29) is 17.4 Å². The number of methoxy groups -OCH3 is 1. The van der Waals surface area contributed by atoms with Crippen molar-refractivity contribution in [1.82, 2.24) is 0 Å². The molecule has 2 N–H and O–H groups in total. The lowest BCUT2D eigenvalue weighted by molar-refractivity contribution is -0.151. The van der Waals surface area contributed by atoms with Gasteiger partial charge in [0.15, 0.2) is 0 Å². The highest BCUT2D eigenvalue weighted by atomic mass is 16.6. The van der Waals surface area contributed by atoms with Crippen LogP contribution in [-0.4, -0.2) is 30.9 Å². The Morgan fingerprint density at radius 3 is 1.86 bits per heavy atom. The van der Waals surface area contributed by atoms with Gasteiger partial charge in [-0.1, -0.05) is 30.3 Å². The third-order valence-corrected chi connectivity index (χ3v) is 3.55. The fourth-order valence-corrected chi connectivity index (χ4v) is 2.46. The van der Waals surface area contributed by atoms with Crippen molar-refractivity contribution in [2.45, 2.75) is 20.0 Å². The highest BCUT2D eigenvalue weighted by Gasteiger charge is 2.26. The van der Waals surface area contributed by atoms with Gasteiger partial charge in [-0.2, -0.15) is 0 Å². The number of ether oxygens (including phenoxy) is 2. The summed E-state index contributed by atoms with van der Waals surface area (Å²) < 4.78 is 10.1. The molecule has 8 nitrogen and oxygen atoms in total. The number of anilines is 2. The molecule has 0 saturated carbocycles. The number of carbonyl (C=O) groups excluding carboxylic acids is 4. The van der Waals surface area contributed by atoms with E-state index in [2.05, 4.69) is 10.6 Å². The molecular formula is C20H20N2O6. The van der Waals surface area contributed by atoms with Crippen molar-refractivity contribution in [1.29, 1.82) is 0 Å². The van der Waals surface area contributed by atoms with Crippen LogP contribution in [0.5, 0.6) is 0 Å². The zero-order chi connectivity index (χ0) is 20.7. The molecule has 28 heavy (non-hydrogen) atoms. The van der Waals surface area contributed by atoms with Crippen LogP contribution in [0, 0.1) is 0 Å². The monoisotopic (exact) mass is 384 g/mol. The highest BCUT2D eigenvalue weighted by Crippen LogP contribution is 2.24. The van der Waals surface area contributed by atoms with E-state index in [4.69, 9.17) is 9.47 Å². The normalized spacial score (nSPS) is 11.1. The van der Waals surface area contributed by atoms with Gasteiger partial charge in [0.05, 0.1) is 12.7 Å². The molecule has 8 heteroatoms. The number of benzene rings is 2. The lowest BCUT2D eigenvalue weighted by atomic mass is 10.1. The first kappa shape index (κ1) is 20.6. The molecule has 0 radical (unpaired) electrons. The smallest absolute Gasteiger partial charge is 0.351 e. The summed E-state index contributed by atoms with van der Waals surface area (Å²) in [5.41, 5.74) is 1.07. The van der Waals surface area contributed by atoms with E-state index in [1.807, 2.05) is 0 Å². The van der Waals surface area contributed by atoms with Crippen molar-refractivity contribution in [2.24, 2.45) is 0 Å². The molecular weight excluding hydrogens is 364 g/mol. The van der Waals surface area contributed by atoms with Crippen molar-refractivity contribution < 1.29 is 28.7 Å². The molecule has 0 fully saturated rings. The number of rotatable bonds is 6.